The molecule has 0 aliphatic carbocycles. The van der Waals surface area contributed by atoms with E-state index in [0.717, 1.165) is 44.0 Å². The average Bonchev–Trinajstić information content (AvgIpc) is 2.75. The molecule has 0 atom stereocenters. The maximum absolute atomic E-state index is 12.6. The number of carbonyl (C=O) groups excluding carboxylic acids is 1. The smallest absolute Gasteiger partial charge is 0.227 e. The molecule has 0 saturated carbocycles. The molecule has 168 valence electrons. The van der Waals surface area contributed by atoms with Gasteiger partial charge in [-0.25, -0.2) is 0 Å². The lowest BCUT2D eigenvalue weighted by molar-refractivity contribution is -0.131. The van der Waals surface area contributed by atoms with Crippen molar-refractivity contribution >= 4 is 47.4 Å². The summed E-state index contributed by atoms with van der Waals surface area (Å²) in [6, 6.07) is 14.8. The van der Waals surface area contributed by atoms with Gasteiger partial charge in [0, 0.05) is 44.8 Å². The van der Waals surface area contributed by atoms with Crippen molar-refractivity contribution < 1.29 is 9.90 Å². The Morgan fingerprint density at radius 1 is 1.06 bits per heavy atom. The van der Waals surface area contributed by atoms with Gasteiger partial charge in [0.1, 0.15) is 5.75 Å². The third-order valence-electron chi connectivity index (χ3n) is 5.25. The van der Waals surface area contributed by atoms with E-state index in [9.17, 15) is 9.90 Å². The molecule has 1 saturated heterocycles. The van der Waals surface area contributed by atoms with Gasteiger partial charge >= 0.3 is 0 Å². The van der Waals surface area contributed by atoms with Crippen LogP contribution in [0, 0.1) is 0 Å². The molecule has 8 heteroatoms. The molecule has 31 heavy (non-hydrogen) atoms. The van der Waals surface area contributed by atoms with Crippen molar-refractivity contribution in [2.75, 3.05) is 39.8 Å². The van der Waals surface area contributed by atoms with Crippen LogP contribution in [0.4, 0.5) is 0 Å². The fraction of sp³-hybridized carbons (Fsp3) is 0.391. The zero-order valence-corrected chi connectivity index (χ0v) is 20.8. The Balaban J connectivity index is 0.00000341. The van der Waals surface area contributed by atoms with Crippen LogP contribution in [0.1, 0.15) is 17.5 Å². The van der Waals surface area contributed by atoms with E-state index >= 15 is 0 Å². The van der Waals surface area contributed by atoms with Crippen LogP contribution in [-0.2, 0) is 17.6 Å². The average molecular weight is 557 g/mol. The Bertz CT molecular complexity index is 868. The van der Waals surface area contributed by atoms with Crippen molar-refractivity contribution in [2.45, 2.75) is 19.3 Å². The highest BCUT2D eigenvalue weighted by Crippen LogP contribution is 2.13. The van der Waals surface area contributed by atoms with E-state index in [1.165, 1.54) is 5.56 Å². The molecule has 0 radical (unpaired) electrons. The molecule has 0 spiro atoms. The Morgan fingerprint density at radius 2 is 1.74 bits per heavy atom. The van der Waals surface area contributed by atoms with Crippen molar-refractivity contribution in [3.8, 4) is 5.75 Å². The number of nitrogens with one attached hydrogen (secondary N) is 1. The Labute approximate surface area is 206 Å². The highest BCUT2D eigenvalue weighted by atomic mass is 127. The minimum Gasteiger partial charge on any atom is -0.508 e. The lowest BCUT2D eigenvalue weighted by atomic mass is 10.1. The molecule has 6 nitrogen and oxygen atoms in total. The van der Waals surface area contributed by atoms with Gasteiger partial charge in [0.25, 0.3) is 0 Å². The number of aryl methyl sites for hydroxylation is 1. The zero-order valence-electron chi connectivity index (χ0n) is 17.8. The number of phenolic OH excluding ortho intramolecular Hbond substituents is 1. The highest BCUT2D eigenvalue weighted by Gasteiger charge is 2.23. The van der Waals surface area contributed by atoms with Crippen molar-refractivity contribution in [3.05, 3.63) is 64.7 Å². The maximum Gasteiger partial charge on any atom is 0.227 e. The Morgan fingerprint density at radius 3 is 2.39 bits per heavy atom. The SMILES string of the molecule is CN=C(NCCCc1ccc(O)cc1)N1CCN(C(=O)Cc2cccc(Cl)c2)CC1.I. The summed E-state index contributed by atoms with van der Waals surface area (Å²) in [5.41, 5.74) is 2.15. The topological polar surface area (TPSA) is 68.2 Å². The standard InChI is InChI=1S/C23H29ClN4O2.HI/c1-25-23(26-11-3-5-18-7-9-21(29)10-8-18)28-14-12-27(13-15-28)22(30)17-19-4-2-6-20(24)16-19;/h2,4,6-10,16,29H,3,5,11-15,17H2,1H3,(H,25,26);1H. The largest absolute Gasteiger partial charge is 0.508 e. The monoisotopic (exact) mass is 556 g/mol. The summed E-state index contributed by atoms with van der Waals surface area (Å²) in [7, 11) is 1.79. The summed E-state index contributed by atoms with van der Waals surface area (Å²) < 4.78 is 0. The highest BCUT2D eigenvalue weighted by molar-refractivity contribution is 14.0. The van der Waals surface area contributed by atoms with E-state index in [1.54, 1.807) is 19.2 Å². The van der Waals surface area contributed by atoms with E-state index in [4.69, 9.17) is 11.6 Å². The van der Waals surface area contributed by atoms with Gasteiger partial charge < -0.3 is 20.2 Å². The summed E-state index contributed by atoms with van der Waals surface area (Å²) in [4.78, 5) is 21.1. The molecule has 1 aliphatic heterocycles. The van der Waals surface area contributed by atoms with Crippen LogP contribution in [0.2, 0.25) is 5.02 Å². The number of piperazine rings is 1. The molecule has 3 rings (SSSR count). The number of guanidine groups is 1. The lowest BCUT2D eigenvalue weighted by Gasteiger charge is -2.36. The van der Waals surface area contributed by atoms with Gasteiger partial charge in [-0.1, -0.05) is 35.9 Å². The fourth-order valence-electron chi connectivity index (χ4n) is 3.59. The molecule has 0 unspecified atom stereocenters. The van der Waals surface area contributed by atoms with Gasteiger partial charge in [0.15, 0.2) is 5.96 Å². The van der Waals surface area contributed by atoms with Crippen LogP contribution in [-0.4, -0.2) is 66.5 Å². The van der Waals surface area contributed by atoms with Crippen LogP contribution in [0.25, 0.3) is 0 Å². The molecule has 0 bridgehead atoms. The quantitative estimate of drug-likeness (QED) is 0.247. The van der Waals surface area contributed by atoms with Gasteiger partial charge in [-0.2, -0.15) is 0 Å². The second-order valence-electron chi connectivity index (χ2n) is 7.42. The molecule has 1 heterocycles. The fourth-order valence-corrected chi connectivity index (χ4v) is 3.80. The molecule has 1 aliphatic rings. The van der Waals surface area contributed by atoms with Crippen molar-refractivity contribution in [1.82, 2.24) is 15.1 Å². The van der Waals surface area contributed by atoms with Crippen LogP contribution < -0.4 is 5.32 Å². The molecule has 1 amide bonds. The number of benzene rings is 2. The minimum absolute atomic E-state index is 0. The van der Waals surface area contributed by atoms with Crippen LogP contribution in [0.3, 0.4) is 0 Å². The number of hydrogen-bond acceptors (Lipinski definition) is 3. The summed E-state index contributed by atoms with van der Waals surface area (Å²) in [6.07, 6.45) is 2.29. The van der Waals surface area contributed by atoms with Gasteiger partial charge in [-0.05, 0) is 48.2 Å². The third kappa shape index (κ3) is 7.88. The number of aliphatic imine (C=N–C) groups is 1. The van der Waals surface area contributed by atoms with E-state index in [1.807, 2.05) is 41.3 Å². The number of hydrogen-bond donors (Lipinski definition) is 2. The van der Waals surface area contributed by atoms with E-state index < -0.39 is 0 Å². The first kappa shape index (κ1) is 25.3. The van der Waals surface area contributed by atoms with Crippen molar-refractivity contribution in [2.24, 2.45) is 4.99 Å². The second kappa shape index (κ2) is 12.8. The van der Waals surface area contributed by atoms with Crippen molar-refractivity contribution in [3.63, 3.8) is 0 Å². The summed E-state index contributed by atoms with van der Waals surface area (Å²) in [5.74, 6) is 1.30. The minimum atomic E-state index is 0. The maximum atomic E-state index is 12.6. The van der Waals surface area contributed by atoms with E-state index in [2.05, 4.69) is 15.2 Å². The first-order valence-electron chi connectivity index (χ1n) is 10.3. The number of carbonyl (C=O) groups is 1. The molecule has 2 N–H and O–H groups in total. The first-order valence-corrected chi connectivity index (χ1v) is 10.7. The predicted molar refractivity (Wildman–Crippen MR) is 137 cm³/mol. The number of halogens is 2. The first-order chi connectivity index (χ1) is 14.5. The Hall–Kier alpha value is -2.00. The number of rotatable bonds is 6. The van der Waals surface area contributed by atoms with Crippen LogP contribution in [0.5, 0.6) is 5.75 Å². The van der Waals surface area contributed by atoms with Crippen molar-refractivity contribution in [1.29, 1.82) is 0 Å². The number of aromatic hydroxyl groups is 1. The number of amides is 1. The number of phenols is 1. The third-order valence-corrected chi connectivity index (χ3v) is 5.48. The lowest BCUT2D eigenvalue weighted by Crippen LogP contribution is -2.54. The predicted octanol–water partition coefficient (Wildman–Crippen LogP) is 3.56. The summed E-state index contributed by atoms with van der Waals surface area (Å²) in [6.45, 7) is 3.72. The summed E-state index contributed by atoms with van der Waals surface area (Å²) >= 11 is 6.02. The molecular formula is C23H30ClIN4O2. The van der Waals surface area contributed by atoms with Gasteiger partial charge in [0.05, 0.1) is 6.42 Å². The van der Waals surface area contributed by atoms with E-state index in [0.29, 0.717) is 30.3 Å². The molecule has 1 fully saturated rings. The molecule has 2 aromatic rings. The molecule has 0 aromatic heterocycles. The van der Waals surface area contributed by atoms with Gasteiger partial charge in [-0.3, -0.25) is 9.79 Å². The van der Waals surface area contributed by atoms with Crippen LogP contribution in [0.15, 0.2) is 53.5 Å². The second-order valence-corrected chi connectivity index (χ2v) is 7.85. The van der Waals surface area contributed by atoms with Crippen LogP contribution >= 0.6 is 35.6 Å². The Kier molecular flexibility index (Phi) is 10.4. The summed E-state index contributed by atoms with van der Waals surface area (Å²) in [5, 5.41) is 13.4. The number of nitrogens with zero attached hydrogens (tertiary/aromatic N) is 3. The molecule has 2 aromatic carbocycles. The molecular weight excluding hydrogens is 527 g/mol. The van der Waals surface area contributed by atoms with Gasteiger partial charge in [-0.15, -0.1) is 24.0 Å². The van der Waals surface area contributed by atoms with Gasteiger partial charge in [0.2, 0.25) is 5.91 Å². The zero-order chi connectivity index (χ0) is 21.3. The normalized spacial score (nSPS) is 14.2. The van der Waals surface area contributed by atoms with E-state index in [-0.39, 0.29) is 29.9 Å².